The van der Waals surface area contributed by atoms with Crippen molar-refractivity contribution < 1.29 is 4.79 Å². The van der Waals surface area contributed by atoms with Crippen LogP contribution in [0.5, 0.6) is 0 Å². The molecular formula is C23H39N5O. The summed E-state index contributed by atoms with van der Waals surface area (Å²) in [5.41, 5.74) is 2.04. The second-order valence-electron chi connectivity index (χ2n) is 8.99. The lowest BCUT2D eigenvalue weighted by molar-refractivity contribution is -0.116. The highest BCUT2D eigenvalue weighted by molar-refractivity contribution is 5.90. The van der Waals surface area contributed by atoms with Gasteiger partial charge in [-0.15, -0.1) is 0 Å². The third kappa shape index (κ3) is 8.05. The maximum atomic E-state index is 12.0. The smallest absolute Gasteiger partial charge is 0.224 e. The molecule has 1 aromatic rings. The van der Waals surface area contributed by atoms with Gasteiger partial charge in [-0.2, -0.15) is 0 Å². The van der Waals surface area contributed by atoms with E-state index in [1.807, 2.05) is 32.0 Å². The Labute approximate surface area is 176 Å². The Bertz CT molecular complexity index is 678. The lowest BCUT2D eigenvalue weighted by Crippen LogP contribution is -2.54. The molecule has 162 valence electrons. The number of hydrogen-bond acceptors (Lipinski definition) is 3. The second-order valence-corrected chi connectivity index (χ2v) is 8.99. The molecule has 2 rings (SSSR count). The highest BCUT2D eigenvalue weighted by Gasteiger charge is 2.27. The van der Waals surface area contributed by atoms with Crippen LogP contribution in [0.25, 0.3) is 0 Å². The first-order valence-corrected chi connectivity index (χ1v) is 10.9. The minimum absolute atomic E-state index is 0.0579. The van der Waals surface area contributed by atoms with Gasteiger partial charge in [0.15, 0.2) is 5.96 Å². The average Bonchev–Trinajstić information content (AvgIpc) is 2.68. The van der Waals surface area contributed by atoms with Crippen LogP contribution in [0.3, 0.4) is 0 Å². The molecule has 0 aliphatic carbocycles. The topological polar surface area (TPSA) is 68.8 Å². The van der Waals surface area contributed by atoms with Crippen molar-refractivity contribution in [2.24, 2.45) is 10.9 Å². The molecule has 0 saturated carbocycles. The van der Waals surface area contributed by atoms with Gasteiger partial charge in [0, 0.05) is 37.8 Å². The van der Waals surface area contributed by atoms with Gasteiger partial charge in [0.25, 0.3) is 0 Å². The van der Waals surface area contributed by atoms with Crippen LogP contribution in [0.15, 0.2) is 29.3 Å². The minimum atomic E-state index is 0.0579. The zero-order valence-corrected chi connectivity index (χ0v) is 18.8. The van der Waals surface area contributed by atoms with Gasteiger partial charge in [-0.05, 0) is 63.4 Å². The average molecular weight is 402 g/mol. The lowest BCUT2D eigenvalue weighted by atomic mass is 9.98. The number of likely N-dealkylation sites (tertiary alicyclic amines) is 1. The van der Waals surface area contributed by atoms with Crippen LogP contribution in [-0.4, -0.2) is 49.0 Å². The van der Waals surface area contributed by atoms with Gasteiger partial charge in [0.05, 0.1) is 0 Å². The Kier molecular flexibility index (Phi) is 8.96. The molecule has 1 saturated heterocycles. The molecule has 3 N–H and O–H groups in total. The SMILES string of the molecule is CN=C(NCc1cccc(NC(=O)CC(C)C)c1)NCC(C)(C)N1CCCCC1. The number of nitrogens with one attached hydrogen (secondary N) is 3. The van der Waals surface area contributed by atoms with E-state index >= 15 is 0 Å². The zero-order valence-electron chi connectivity index (χ0n) is 18.8. The van der Waals surface area contributed by atoms with Gasteiger partial charge in [0.1, 0.15) is 0 Å². The van der Waals surface area contributed by atoms with E-state index < -0.39 is 0 Å². The molecule has 1 aromatic carbocycles. The summed E-state index contributed by atoms with van der Waals surface area (Å²) in [5.74, 6) is 1.20. The number of rotatable bonds is 8. The van der Waals surface area contributed by atoms with Crippen LogP contribution in [0, 0.1) is 5.92 Å². The molecule has 1 fully saturated rings. The van der Waals surface area contributed by atoms with Crippen molar-refractivity contribution in [2.45, 2.75) is 65.5 Å². The number of carbonyl (C=O) groups is 1. The van der Waals surface area contributed by atoms with E-state index in [4.69, 9.17) is 0 Å². The molecule has 1 aliphatic rings. The Morgan fingerprint density at radius 1 is 1.17 bits per heavy atom. The summed E-state index contributed by atoms with van der Waals surface area (Å²) in [6, 6.07) is 7.96. The van der Waals surface area contributed by atoms with Crippen molar-refractivity contribution in [1.82, 2.24) is 15.5 Å². The predicted molar refractivity (Wildman–Crippen MR) is 122 cm³/mol. The third-order valence-electron chi connectivity index (χ3n) is 5.39. The van der Waals surface area contributed by atoms with Crippen LogP contribution in [0.2, 0.25) is 0 Å². The largest absolute Gasteiger partial charge is 0.355 e. The van der Waals surface area contributed by atoms with Gasteiger partial charge in [-0.1, -0.05) is 32.4 Å². The molecule has 6 nitrogen and oxygen atoms in total. The number of carbonyl (C=O) groups excluding carboxylic acids is 1. The molecule has 1 amide bonds. The van der Waals surface area contributed by atoms with Gasteiger partial charge in [-0.3, -0.25) is 14.7 Å². The van der Waals surface area contributed by atoms with E-state index in [-0.39, 0.29) is 11.4 Å². The molecule has 0 radical (unpaired) electrons. The van der Waals surface area contributed by atoms with Crippen molar-refractivity contribution >= 4 is 17.6 Å². The molecule has 0 unspecified atom stereocenters. The lowest BCUT2D eigenvalue weighted by Gasteiger charge is -2.41. The predicted octanol–water partition coefficient (Wildman–Crippen LogP) is 3.60. The molecule has 1 heterocycles. The van der Waals surface area contributed by atoms with E-state index in [1.165, 1.54) is 32.4 Å². The maximum absolute atomic E-state index is 12.0. The maximum Gasteiger partial charge on any atom is 0.224 e. The summed E-state index contributed by atoms with van der Waals surface area (Å²) in [6.45, 7) is 12.5. The van der Waals surface area contributed by atoms with Gasteiger partial charge in [0.2, 0.25) is 5.91 Å². The number of guanidine groups is 1. The summed E-state index contributed by atoms with van der Waals surface area (Å²) in [6.07, 6.45) is 4.47. The van der Waals surface area contributed by atoms with Crippen LogP contribution < -0.4 is 16.0 Å². The highest BCUT2D eigenvalue weighted by Crippen LogP contribution is 2.19. The van der Waals surface area contributed by atoms with Crippen molar-refractivity contribution in [3.05, 3.63) is 29.8 Å². The van der Waals surface area contributed by atoms with E-state index in [2.05, 4.69) is 45.8 Å². The first-order chi connectivity index (χ1) is 13.8. The Morgan fingerprint density at radius 2 is 1.90 bits per heavy atom. The number of piperidine rings is 1. The minimum Gasteiger partial charge on any atom is -0.355 e. The van der Waals surface area contributed by atoms with E-state index in [9.17, 15) is 4.79 Å². The molecule has 29 heavy (non-hydrogen) atoms. The Balaban J connectivity index is 1.84. The standard InChI is InChI=1S/C23H39N5O/c1-18(2)14-21(29)27-20-11-9-10-19(15-20)16-25-22(24-5)26-17-23(3,4)28-12-7-6-8-13-28/h9-11,15,18H,6-8,12-14,16-17H2,1-5H3,(H,27,29)(H2,24,25,26). The molecular weight excluding hydrogens is 362 g/mol. The fourth-order valence-corrected chi connectivity index (χ4v) is 3.66. The molecule has 0 spiro atoms. The molecule has 0 bridgehead atoms. The van der Waals surface area contributed by atoms with Crippen LogP contribution in [0.1, 0.15) is 58.9 Å². The molecule has 0 aromatic heterocycles. The fraction of sp³-hybridized carbons (Fsp3) is 0.652. The normalized spacial score (nSPS) is 16.0. The van der Waals surface area contributed by atoms with Crippen LogP contribution in [0.4, 0.5) is 5.69 Å². The van der Waals surface area contributed by atoms with Crippen molar-refractivity contribution in [3.8, 4) is 0 Å². The molecule has 6 heteroatoms. The zero-order chi connectivity index (χ0) is 21.3. The second kappa shape index (κ2) is 11.2. The van der Waals surface area contributed by atoms with E-state index in [0.717, 1.165) is 23.8 Å². The number of amides is 1. The van der Waals surface area contributed by atoms with Crippen molar-refractivity contribution in [1.29, 1.82) is 0 Å². The van der Waals surface area contributed by atoms with Gasteiger partial charge in [-0.25, -0.2) is 0 Å². The Morgan fingerprint density at radius 3 is 2.55 bits per heavy atom. The molecule has 0 atom stereocenters. The number of benzene rings is 1. The monoisotopic (exact) mass is 401 g/mol. The van der Waals surface area contributed by atoms with Crippen LogP contribution >= 0.6 is 0 Å². The first kappa shape index (κ1) is 23.2. The Hall–Kier alpha value is -2.08. The summed E-state index contributed by atoms with van der Waals surface area (Å²) in [4.78, 5) is 18.9. The summed E-state index contributed by atoms with van der Waals surface area (Å²) in [7, 11) is 1.80. The molecule has 1 aliphatic heterocycles. The quantitative estimate of drug-likeness (QED) is 0.460. The van der Waals surface area contributed by atoms with Crippen LogP contribution in [-0.2, 0) is 11.3 Å². The third-order valence-corrected chi connectivity index (χ3v) is 5.39. The summed E-state index contributed by atoms with van der Waals surface area (Å²) >= 11 is 0. The van der Waals surface area contributed by atoms with Gasteiger partial charge < -0.3 is 16.0 Å². The number of aliphatic imine (C=N–C) groups is 1. The summed E-state index contributed by atoms with van der Waals surface area (Å²) < 4.78 is 0. The number of hydrogen-bond donors (Lipinski definition) is 3. The van der Waals surface area contributed by atoms with E-state index in [1.54, 1.807) is 7.05 Å². The number of anilines is 1. The highest BCUT2D eigenvalue weighted by atomic mass is 16.1. The summed E-state index contributed by atoms with van der Waals surface area (Å²) in [5, 5.41) is 9.83. The van der Waals surface area contributed by atoms with Gasteiger partial charge >= 0.3 is 0 Å². The van der Waals surface area contributed by atoms with E-state index in [0.29, 0.717) is 18.9 Å². The fourth-order valence-electron chi connectivity index (χ4n) is 3.66. The number of nitrogens with zero attached hydrogens (tertiary/aromatic N) is 2. The first-order valence-electron chi connectivity index (χ1n) is 10.9. The van der Waals surface area contributed by atoms with Crippen molar-refractivity contribution in [3.63, 3.8) is 0 Å². The van der Waals surface area contributed by atoms with Crippen molar-refractivity contribution in [2.75, 3.05) is 32.0 Å².